The molecule has 1 unspecified atom stereocenters. The molecule has 0 aliphatic carbocycles. The van der Waals surface area contributed by atoms with Gasteiger partial charge in [0.05, 0.1) is 0 Å². The first-order valence-corrected chi connectivity index (χ1v) is 6.30. The number of rotatable bonds is 4. The monoisotopic (exact) mass is 221 g/mol. The quantitative estimate of drug-likeness (QED) is 0.824. The molecule has 0 amide bonds. The molecule has 1 nitrogen and oxygen atoms in total. The molecule has 15 heavy (non-hydrogen) atoms. The van der Waals surface area contributed by atoms with Crippen LogP contribution in [0.2, 0.25) is 0 Å². The van der Waals surface area contributed by atoms with Gasteiger partial charge in [0, 0.05) is 11.8 Å². The second kappa shape index (κ2) is 5.92. The van der Waals surface area contributed by atoms with E-state index in [0.717, 1.165) is 12.2 Å². The van der Waals surface area contributed by atoms with Gasteiger partial charge in [-0.3, -0.25) is 0 Å². The number of aryl methyl sites for hydroxylation is 1. The van der Waals surface area contributed by atoms with E-state index in [0.29, 0.717) is 6.04 Å². The van der Waals surface area contributed by atoms with Gasteiger partial charge in [-0.1, -0.05) is 18.2 Å². The van der Waals surface area contributed by atoms with Crippen LogP contribution in [0, 0.1) is 12.6 Å². The van der Waals surface area contributed by atoms with Crippen LogP contribution >= 0.6 is 11.2 Å². The van der Waals surface area contributed by atoms with Crippen LogP contribution in [0.4, 0.5) is 0 Å². The average Bonchev–Trinajstić information content (AvgIpc) is 2.23. The lowest BCUT2D eigenvalue weighted by molar-refractivity contribution is 0.606. The van der Waals surface area contributed by atoms with Gasteiger partial charge in [0.2, 0.25) is 0 Å². The fraction of sp³-hybridized carbons (Fsp3) is 0.462. The Morgan fingerprint density at radius 2 is 2.20 bits per heavy atom. The van der Waals surface area contributed by atoms with Gasteiger partial charge in [-0.25, -0.2) is 0 Å². The van der Waals surface area contributed by atoms with Crippen LogP contribution < -0.4 is 5.32 Å². The third-order valence-corrected chi connectivity index (χ3v) is 3.21. The van der Waals surface area contributed by atoms with Crippen molar-refractivity contribution in [2.75, 3.05) is 7.05 Å². The zero-order valence-corrected chi connectivity index (χ0v) is 10.5. The SMILES string of the molecule is C#SCc1c(C)cccc1CC(C)NC. The Morgan fingerprint density at radius 1 is 1.47 bits per heavy atom. The molecule has 0 aliphatic heterocycles. The molecular formula is C13H19NS. The van der Waals surface area contributed by atoms with Crippen LogP contribution in [0.25, 0.3) is 0 Å². The number of nitrogens with one attached hydrogen (secondary N) is 1. The maximum absolute atomic E-state index is 5.56. The van der Waals surface area contributed by atoms with E-state index in [2.05, 4.69) is 37.4 Å². The predicted octanol–water partition coefficient (Wildman–Crippen LogP) is 2.97. The largest absolute Gasteiger partial charge is 0.317 e. The Bertz CT molecular complexity index is 365. The van der Waals surface area contributed by atoms with Crippen molar-refractivity contribution >= 4 is 11.2 Å². The van der Waals surface area contributed by atoms with Gasteiger partial charge in [-0.05, 0) is 44.0 Å². The highest BCUT2D eigenvalue weighted by atomic mass is 32.1. The Hall–Kier alpha value is -0.820. The van der Waals surface area contributed by atoms with Gasteiger partial charge in [0.15, 0.2) is 0 Å². The molecule has 82 valence electrons. The fourth-order valence-electron chi connectivity index (χ4n) is 1.68. The lowest BCUT2D eigenvalue weighted by Gasteiger charge is -2.14. The van der Waals surface area contributed by atoms with Crippen LogP contribution in [0.5, 0.6) is 0 Å². The molecule has 0 fully saturated rings. The fourth-order valence-corrected chi connectivity index (χ4v) is 2.26. The molecule has 1 aromatic rings. The molecule has 1 rings (SSSR count). The summed E-state index contributed by atoms with van der Waals surface area (Å²) in [6, 6.07) is 6.98. The van der Waals surface area contributed by atoms with E-state index in [1.54, 1.807) is 0 Å². The summed E-state index contributed by atoms with van der Waals surface area (Å²) in [6.07, 6.45) is 1.06. The zero-order chi connectivity index (χ0) is 11.3. The zero-order valence-electron chi connectivity index (χ0n) is 9.71. The minimum Gasteiger partial charge on any atom is -0.317 e. The third-order valence-electron chi connectivity index (χ3n) is 2.75. The molecule has 0 bridgehead atoms. The summed E-state index contributed by atoms with van der Waals surface area (Å²) in [5.74, 6) is 0.901. The van der Waals surface area contributed by atoms with E-state index in [9.17, 15) is 0 Å². The van der Waals surface area contributed by atoms with Crippen molar-refractivity contribution in [3.8, 4) is 5.69 Å². The van der Waals surface area contributed by atoms with Gasteiger partial charge >= 0.3 is 0 Å². The maximum Gasteiger partial charge on any atom is 0.0431 e. The summed E-state index contributed by atoms with van der Waals surface area (Å²) in [4.78, 5) is 0. The lowest BCUT2D eigenvalue weighted by Crippen LogP contribution is -2.24. The predicted molar refractivity (Wildman–Crippen MR) is 69.6 cm³/mol. The molecule has 0 heterocycles. The van der Waals surface area contributed by atoms with Crippen molar-refractivity contribution < 1.29 is 0 Å². The van der Waals surface area contributed by atoms with Crippen molar-refractivity contribution in [1.82, 2.24) is 5.32 Å². The first-order chi connectivity index (χ1) is 7.19. The second-order valence-corrected chi connectivity index (χ2v) is 4.54. The topological polar surface area (TPSA) is 12.0 Å². The first kappa shape index (κ1) is 12.3. The number of hydrogen-bond acceptors (Lipinski definition) is 1. The van der Waals surface area contributed by atoms with E-state index in [1.807, 2.05) is 7.05 Å². The molecule has 1 aromatic carbocycles. The van der Waals surface area contributed by atoms with E-state index >= 15 is 0 Å². The Kier molecular flexibility index (Phi) is 4.83. The molecule has 0 saturated carbocycles. The third kappa shape index (κ3) is 3.35. The van der Waals surface area contributed by atoms with Crippen LogP contribution in [0.15, 0.2) is 18.2 Å². The van der Waals surface area contributed by atoms with Crippen molar-refractivity contribution in [1.29, 1.82) is 0 Å². The summed E-state index contributed by atoms with van der Waals surface area (Å²) in [7, 11) is 2.00. The van der Waals surface area contributed by atoms with E-state index in [-0.39, 0.29) is 0 Å². The molecule has 2 heteroatoms. The normalized spacial score (nSPS) is 12.4. The molecule has 1 atom stereocenters. The average molecular weight is 221 g/mol. The summed E-state index contributed by atoms with van der Waals surface area (Å²) < 4.78 is 0. The highest BCUT2D eigenvalue weighted by molar-refractivity contribution is 7.87. The summed E-state index contributed by atoms with van der Waals surface area (Å²) in [6.45, 7) is 4.35. The van der Waals surface area contributed by atoms with Crippen molar-refractivity contribution in [3.05, 3.63) is 34.9 Å². The molecular weight excluding hydrogens is 202 g/mol. The summed E-state index contributed by atoms with van der Waals surface area (Å²) >= 11 is 1.40. The Morgan fingerprint density at radius 3 is 2.80 bits per heavy atom. The van der Waals surface area contributed by atoms with Crippen molar-refractivity contribution in [2.24, 2.45) is 0 Å². The lowest BCUT2D eigenvalue weighted by atomic mass is 9.98. The van der Waals surface area contributed by atoms with Gasteiger partial charge in [-0.15, -0.1) is 16.9 Å². The molecule has 0 saturated heterocycles. The van der Waals surface area contributed by atoms with Crippen LogP contribution in [-0.2, 0) is 12.2 Å². The summed E-state index contributed by atoms with van der Waals surface area (Å²) in [5, 5.41) is 3.26. The molecule has 0 spiro atoms. The maximum atomic E-state index is 5.56. The van der Waals surface area contributed by atoms with E-state index in [1.165, 1.54) is 27.9 Å². The highest BCUT2D eigenvalue weighted by Crippen LogP contribution is 2.18. The van der Waals surface area contributed by atoms with Gasteiger partial charge in [-0.2, -0.15) is 0 Å². The summed E-state index contributed by atoms with van der Waals surface area (Å²) in [5.41, 5.74) is 9.71. The van der Waals surface area contributed by atoms with E-state index in [4.69, 9.17) is 5.69 Å². The smallest absolute Gasteiger partial charge is 0.0431 e. The van der Waals surface area contributed by atoms with Gasteiger partial charge < -0.3 is 5.32 Å². The molecule has 1 N–H and O–H groups in total. The number of benzene rings is 1. The minimum atomic E-state index is 0.508. The van der Waals surface area contributed by atoms with Crippen LogP contribution in [0.1, 0.15) is 23.6 Å². The molecule has 0 aliphatic rings. The second-order valence-electron chi connectivity index (χ2n) is 3.92. The highest BCUT2D eigenvalue weighted by Gasteiger charge is 2.07. The van der Waals surface area contributed by atoms with Gasteiger partial charge in [0.25, 0.3) is 0 Å². The minimum absolute atomic E-state index is 0.508. The standard InChI is InChI=1S/C13H19NS/c1-10-6-5-7-12(8-11(2)14-3)13(10)9-15-4/h4-7,11,14H,8-9H2,1-3H3. The van der Waals surface area contributed by atoms with E-state index < -0.39 is 0 Å². The molecule has 0 aromatic heterocycles. The van der Waals surface area contributed by atoms with Crippen molar-refractivity contribution in [2.45, 2.75) is 32.1 Å². The molecule has 0 radical (unpaired) electrons. The van der Waals surface area contributed by atoms with Gasteiger partial charge in [0.1, 0.15) is 0 Å². The van der Waals surface area contributed by atoms with Crippen LogP contribution in [-0.4, -0.2) is 13.1 Å². The van der Waals surface area contributed by atoms with Crippen molar-refractivity contribution in [3.63, 3.8) is 0 Å². The van der Waals surface area contributed by atoms with Crippen LogP contribution in [0.3, 0.4) is 0 Å². The Labute approximate surface area is 96.5 Å². The first-order valence-electron chi connectivity index (χ1n) is 5.25. The Balaban J connectivity index is 2.96. The number of likely N-dealkylation sites (N-methyl/N-ethyl adjacent to an activating group) is 1. The number of hydrogen-bond donors (Lipinski definition) is 1.